The SMILES string of the molecule is C#CC(C(=O)O)([P+](=O)O)C(C)(O)c1c(-c2ccc(F)cc2)cc(-c2c(F)c(F)cc(F)c2F)nc1C(C)C. The minimum atomic E-state index is -3.83. The van der Waals surface area contributed by atoms with E-state index in [1.165, 1.54) is 13.8 Å². The van der Waals surface area contributed by atoms with Gasteiger partial charge in [-0.3, -0.25) is 4.98 Å². The van der Waals surface area contributed by atoms with E-state index in [0.29, 0.717) is 0 Å². The van der Waals surface area contributed by atoms with Crippen molar-refractivity contribution in [3.05, 3.63) is 76.7 Å². The minimum absolute atomic E-state index is 0.00347. The molecule has 3 atom stereocenters. The maximum atomic E-state index is 14.7. The van der Waals surface area contributed by atoms with E-state index in [1.54, 1.807) is 5.92 Å². The predicted octanol–water partition coefficient (Wildman–Crippen LogP) is 5.63. The molecule has 0 spiro atoms. The van der Waals surface area contributed by atoms with Crippen LogP contribution in [-0.2, 0) is 15.0 Å². The first-order valence-electron chi connectivity index (χ1n) is 10.9. The maximum absolute atomic E-state index is 14.7. The summed E-state index contributed by atoms with van der Waals surface area (Å²) in [5, 5.41) is 18.4. The molecule has 0 bridgehead atoms. The lowest BCUT2D eigenvalue weighted by molar-refractivity contribution is -0.145. The monoisotopic (exact) mass is 552 g/mol. The summed E-state index contributed by atoms with van der Waals surface area (Å²) in [5.74, 6) is -8.84. The maximum Gasteiger partial charge on any atom is 0.541 e. The fraction of sp³-hybridized carbons (Fsp3) is 0.231. The Labute approximate surface area is 214 Å². The van der Waals surface area contributed by atoms with Crippen LogP contribution < -0.4 is 0 Å². The van der Waals surface area contributed by atoms with E-state index in [4.69, 9.17) is 6.42 Å². The Hall–Kier alpha value is -3.71. The standard InChI is InChI=1S/C26H19F5NO5P/c1-5-26(24(33)34,38(36)37)25(4,35)20-15(13-6-8-14(27)9-7-13)10-18(32-23(20)12(2)3)19-21(30)16(28)11-17(29)22(19)31/h1,6-12,35H,2-4H3,(H-,33,34,36,37)/p+1. The van der Waals surface area contributed by atoms with Crippen LogP contribution in [0.5, 0.6) is 0 Å². The summed E-state index contributed by atoms with van der Waals surface area (Å²) in [5.41, 5.74) is -5.66. The molecule has 0 aliphatic carbocycles. The van der Waals surface area contributed by atoms with Gasteiger partial charge in [0.1, 0.15) is 5.82 Å². The van der Waals surface area contributed by atoms with Crippen molar-refractivity contribution in [1.29, 1.82) is 0 Å². The summed E-state index contributed by atoms with van der Waals surface area (Å²) >= 11 is 0. The number of carboxylic acids is 1. The highest BCUT2D eigenvalue weighted by atomic mass is 31.1. The Bertz CT molecular complexity index is 1460. The number of halogens is 5. The van der Waals surface area contributed by atoms with Crippen molar-refractivity contribution in [2.45, 2.75) is 37.4 Å². The Balaban J connectivity index is 2.61. The molecule has 0 radical (unpaired) electrons. The summed E-state index contributed by atoms with van der Waals surface area (Å²) in [6, 6.07) is 5.16. The van der Waals surface area contributed by atoms with Crippen molar-refractivity contribution in [2.24, 2.45) is 0 Å². The number of terminal acetylenes is 1. The third-order valence-corrected chi connectivity index (χ3v) is 7.44. The van der Waals surface area contributed by atoms with Gasteiger partial charge in [0.15, 0.2) is 28.9 Å². The minimum Gasteiger partial charge on any atom is -0.477 e. The predicted molar refractivity (Wildman–Crippen MR) is 128 cm³/mol. The molecule has 0 aliphatic rings. The third kappa shape index (κ3) is 4.45. The molecule has 0 saturated carbocycles. The fourth-order valence-corrected chi connectivity index (χ4v) is 4.95. The number of pyridine rings is 1. The molecule has 38 heavy (non-hydrogen) atoms. The lowest BCUT2D eigenvalue weighted by atomic mass is 9.76. The van der Waals surface area contributed by atoms with Crippen molar-refractivity contribution in [3.63, 3.8) is 0 Å². The number of aliphatic hydroxyl groups is 1. The van der Waals surface area contributed by atoms with Crippen molar-refractivity contribution in [1.82, 2.24) is 4.98 Å². The van der Waals surface area contributed by atoms with Gasteiger partial charge in [0, 0.05) is 11.6 Å². The van der Waals surface area contributed by atoms with Crippen molar-refractivity contribution < 1.29 is 46.4 Å². The van der Waals surface area contributed by atoms with Gasteiger partial charge in [-0.05, 0) is 52.7 Å². The highest BCUT2D eigenvalue weighted by Crippen LogP contribution is 2.53. The zero-order chi connectivity index (χ0) is 28.7. The number of aliphatic carboxylic acids is 1. The molecule has 3 N–H and O–H groups in total. The highest BCUT2D eigenvalue weighted by molar-refractivity contribution is 7.42. The van der Waals surface area contributed by atoms with E-state index in [0.717, 1.165) is 37.3 Å². The molecule has 3 unspecified atom stereocenters. The largest absolute Gasteiger partial charge is 0.541 e. The molecular formula is C26H20F5NO5P+. The Morgan fingerprint density at radius 1 is 1.05 bits per heavy atom. The first-order chi connectivity index (χ1) is 17.6. The molecule has 0 saturated heterocycles. The second kappa shape index (κ2) is 10.2. The number of benzene rings is 2. The van der Waals surface area contributed by atoms with E-state index in [-0.39, 0.29) is 22.9 Å². The summed E-state index contributed by atoms with van der Waals surface area (Å²) in [6.45, 7) is 3.82. The molecule has 0 fully saturated rings. The van der Waals surface area contributed by atoms with Gasteiger partial charge in [0.25, 0.3) is 0 Å². The van der Waals surface area contributed by atoms with Crippen molar-refractivity contribution in [3.8, 4) is 34.7 Å². The van der Waals surface area contributed by atoms with Gasteiger partial charge < -0.3 is 10.2 Å². The van der Waals surface area contributed by atoms with Crippen LogP contribution in [0.15, 0.2) is 36.4 Å². The van der Waals surface area contributed by atoms with E-state index >= 15 is 0 Å². The number of nitrogens with zero attached hydrogens (tertiary/aromatic N) is 1. The Morgan fingerprint density at radius 3 is 2.00 bits per heavy atom. The normalized spacial score (nSPS) is 14.9. The van der Waals surface area contributed by atoms with Gasteiger partial charge in [-0.25, -0.2) is 26.7 Å². The summed E-state index contributed by atoms with van der Waals surface area (Å²) < 4.78 is 83.6. The first-order valence-corrected chi connectivity index (χ1v) is 12.1. The van der Waals surface area contributed by atoms with Gasteiger partial charge >= 0.3 is 19.2 Å². The average Bonchev–Trinajstić information content (AvgIpc) is 2.83. The molecule has 12 heteroatoms. The van der Waals surface area contributed by atoms with E-state index in [2.05, 4.69) is 4.98 Å². The average molecular weight is 552 g/mol. The molecule has 0 aliphatic heterocycles. The zero-order valence-corrected chi connectivity index (χ0v) is 21.0. The second-order valence-electron chi connectivity index (χ2n) is 8.83. The summed E-state index contributed by atoms with van der Waals surface area (Å²) in [7, 11) is -3.83. The van der Waals surface area contributed by atoms with Crippen molar-refractivity contribution >= 4 is 14.0 Å². The number of hydrogen-bond donors (Lipinski definition) is 3. The van der Waals surface area contributed by atoms with Crippen LogP contribution >= 0.6 is 8.03 Å². The number of rotatable bonds is 7. The van der Waals surface area contributed by atoms with Gasteiger partial charge in [0.05, 0.1) is 17.0 Å². The van der Waals surface area contributed by atoms with Crippen LogP contribution in [-0.4, -0.2) is 31.2 Å². The third-order valence-electron chi connectivity index (χ3n) is 6.11. The fourth-order valence-electron chi connectivity index (χ4n) is 4.19. The Kier molecular flexibility index (Phi) is 7.76. The summed E-state index contributed by atoms with van der Waals surface area (Å²) in [6.07, 6.45) is 5.37. The summed E-state index contributed by atoms with van der Waals surface area (Å²) in [4.78, 5) is 26.3. The molecule has 2 aromatic carbocycles. The van der Waals surface area contributed by atoms with Gasteiger partial charge in [-0.1, -0.05) is 26.0 Å². The van der Waals surface area contributed by atoms with E-state index in [9.17, 15) is 46.4 Å². The second-order valence-corrected chi connectivity index (χ2v) is 10.0. The smallest absolute Gasteiger partial charge is 0.477 e. The highest BCUT2D eigenvalue weighted by Gasteiger charge is 2.70. The van der Waals surface area contributed by atoms with Gasteiger partial charge in [-0.15, -0.1) is 6.42 Å². The molecule has 0 amide bonds. The topological polar surface area (TPSA) is 108 Å². The molecule has 6 nitrogen and oxygen atoms in total. The number of hydrogen-bond acceptors (Lipinski definition) is 4. The lowest BCUT2D eigenvalue weighted by Gasteiger charge is -2.34. The van der Waals surface area contributed by atoms with Gasteiger partial charge in [0.2, 0.25) is 0 Å². The zero-order valence-electron chi connectivity index (χ0n) is 20.1. The van der Waals surface area contributed by atoms with Crippen LogP contribution in [0.25, 0.3) is 22.4 Å². The van der Waals surface area contributed by atoms with Crippen molar-refractivity contribution in [2.75, 3.05) is 0 Å². The van der Waals surface area contributed by atoms with Crippen LogP contribution in [0.4, 0.5) is 22.0 Å². The van der Waals surface area contributed by atoms with Crippen LogP contribution in [0.2, 0.25) is 0 Å². The molecule has 1 aromatic heterocycles. The van der Waals surface area contributed by atoms with E-state index < -0.39 is 76.6 Å². The molecule has 3 rings (SSSR count). The number of carbonyl (C=O) groups is 1. The van der Waals surface area contributed by atoms with Gasteiger partial charge in [-0.2, -0.15) is 4.89 Å². The number of carboxylic acid groups (broad SMARTS) is 1. The van der Waals surface area contributed by atoms with E-state index in [1.807, 2.05) is 0 Å². The first kappa shape index (κ1) is 28.9. The van der Waals surface area contributed by atoms with Crippen LogP contribution in [0.3, 0.4) is 0 Å². The molecule has 198 valence electrons. The van der Waals surface area contributed by atoms with Crippen LogP contribution in [0, 0.1) is 41.4 Å². The van der Waals surface area contributed by atoms with Crippen LogP contribution in [0.1, 0.15) is 37.9 Å². The quantitative estimate of drug-likeness (QED) is 0.152. The number of aromatic nitrogens is 1. The molecule has 3 aromatic rings. The molecular weight excluding hydrogens is 532 g/mol. The lowest BCUT2D eigenvalue weighted by Crippen LogP contribution is -2.53. The Morgan fingerprint density at radius 2 is 1.58 bits per heavy atom. The molecule has 1 heterocycles.